The first-order valence-electron chi connectivity index (χ1n) is 10.9. The molecule has 0 aliphatic carbocycles. The van der Waals surface area contributed by atoms with Gasteiger partial charge in [-0.2, -0.15) is 5.10 Å². The molecule has 0 radical (unpaired) electrons. The SMILES string of the molecule is Cc1cn2nc(-c3cc(=O)n4cc(N5CCN6CCCC6(C)C5)ccc4n3)ccc2n1. The van der Waals surface area contributed by atoms with Crippen LogP contribution in [0.3, 0.4) is 0 Å². The Morgan fingerprint density at radius 1 is 0.968 bits per heavy atom. The second kappa shape index (κ2) is 6.62. The molecule has 0 bridgehead atoms. The van der Waals surface area contributed by atoms with Crippen LogP contribution in [-0.2, 0) is 0 Å². The van der Waals surface area contributed by atoms with Crippen molar-refractivity contribution in [1.29, 1.82) is 0 Å². The van der Waals surface area contributed by atoms with E-state index in [9.17, 15) is 4.79 Å². The van der Waals surface area contributed by atoms with E-state index in [0.717, 1.165) is 36.7 Å². The first-order chi connectivity index (χ1) is 15.0. The highest BCUT2D eigenvalue weighted by atomic mass is 16.1. The molecule has 8 heteroatoms. The number of rotatable bonds is 2. The lowest BCUT2D eigenvalue weighted by Crippen LogP contribution is -2.57. The maximum atomic E-state index is 13.0. The standard InChI is InChI=1S/C23H25N7O/c1-16-13-30-21(24-16)7-5-18(26-30)19-12-22(31)29-14-17(4-6-20(29)25-19)27-10-11-28-9-3-8-23(28,2)15-27/h4-7,12-14H,3,8-11,15H2,1-2H3. The summed E-state index contributed by atoms with van der Waals surface area (Å²) < 4.78 is 3.36. The third kappa shape index (κ3) is 3.01. The molecule has 0 amide bonds. The van der Waals surface area contributed by atoms with E-state index in [1.54, 1.807) is 15.0 Å². The second-order valence-electron chi connectivity index (χ2n) is 9.01. The minimum absolute atomic E-state index is 0.101. The van der Waals surface area contributed by atoms with Crippen molar-refractivity contribution in [3.05, 3.63) is 58.8 Å². The molecule has 0 aromatic carbocycles. The predicted octanol–water partition coefficient (Wildman–Crippen LogP) is 2.39. The van der Waals surface area contributed by atoms with Gasteiger partial charge in [0.1, 0.15) is 11.3 Å². The number of hydrogen-bond acceptors (Lipinski definition) is 6. The van der Waals surface area contributed by atoms with Gasteiger partial charge in [0.25, 0.3) is 5.56 Å². The van der Waals surface area contributed by atoms with Crippen molar-refractivity contribution in [2.24, 2.45) is 0 Å². The van der Waals surface area contributed by atoms with Gasteiger partial charge in [0.2, 0.25) is 0 Å². The number of anilines is 1. The molecule has 2 aliphatic rings. The summed E-state index contributed by atoms with van der Waals surface area (Å²) in [6.07, 6.45) is 6.30. The minimum Gasteiger partial charge on any atom is -0.367 e. The molecule has 2 saturated heterocycles. The molecule has 2 aliphatic heterocycles. The molecule has 158 valence electrons. The van der Waals surface area contributed by atoms with E-state index in [-0.39, 0.29) is 11.1 Å². The van der Waals surface area contributed by atoms with Crippen molar-refractivity contribution in [2.45, 2.75) is 32.2 Å². The first kappa shape index (κ1) is 18.5. The van der Waals surface area contributed by atoms with Gasteiger partial charge < -0.3 is 4.90 Å². The fourth-order valence-electron chi connectivity index (χ4n) is 5.14. The third-order valence-corrected chi connectivity index (χ3v) is 6.79. The number of pyridine rings is 1. The monoisotopic (exact) mass is 415 g/mol. The topological polar surface area (TPSA) is 71.0 Å². The van der Waals surface area contributed by atoms with Gasteiger partial charge in [0.15, 0.2) is 5.65 Å². The number of piperazine rings is 1. The molecular weight excluding hydrogens is 390 g/mol. The predicted molar refractivity (Wildman–Crippen MR) is 120 cm³/mol. The molecule has 4 aromatic heterocycles. The summed E-state index contributed by atoms with van der Waals surface area (Å²) >= 11 is 0. The van der Waals surface area contributed by atoms with Gasteiger partial charge in [0.05, 0.1) is 23.3 Å². The molecule has 6 heterocycles. The lowest BCUT2D eigenvalue weighted by Gasteiger charge is -2.46. The van der Waals surface area contributed by atoms with Gasteiger partial charge in [-0.25, -0.2) is 14.5 Å². The summed E-state index contributed by atoms with van der Waals surface area (Å²) in [7, 11) is 0. The number of aryl methyl sites for hydroxylation is 1. The fourth-order valence-corrected chi connectivity index (χ4v) is 5.14. The highest BCUT2D eigenvalue weighted by Crippen LogP contribution is 2.34. The highest BCUT2D eigenvalue weighted by Gasteiger charge is 2.41. The van der Waals surface area contributed by atoms with Gasteiger partial charge in [-0.05, 0) is 57.5 Å². The van der Waals surface area contributed by atoms with Crippen LogP contribution >= 0.6 is 0 Å². The van der Waals surface area contributed by atoms with Crippen LogP contribution in [0.1, 0.15) is 25.5 Å². The van der Waals surface area contributed by atoms with Crippen molar-refractivity contribution in [1.82, 2.24) is 28.9 Å². The summed E-state index contributed by atoms with van der Waals surface area (Å²) in [5.41, 5.74) is 4.73. The Bertz CT molecular complexity index is 1370. The zero-order valence-corrected chi connectivity index (χ0v) is 17.8. The maximum Gasteiger partial charge on any atom is 0.258 e. The van der Waals surface area contributed by atoms with Crippen LogP contribution in [0.2, 0.25) is 0 Å². The van der Waals surface area contributed by atoms with Crippen molar-refractivity contribution in [3.8, 4) is 11.4 Å². The molecule has 31 heavy (non-hydrogen) atoms. The number of fused-ring (bicyclic) bond motifs is 3. The van der Waals surface area contributed by atoms with Gasteiger partial charge in [-0.15, -0.1) is 0 Å². The molecule has 0 saturated carbocycles. The van der Waals surface area contributed by atoms with Crippen LogP contribution in [0.25, 0.3) is 22.7 Å². The highest BCUT2D eigenvalue weighted by molar-refractivity contribution is 5.60. The van der Waals surface area contributed by atoms with Gasteiger partial charge in [0, 0.05) is 37.4 Å². The van der Waals surface area contributed by atoms with E-state index in [0.29, 0.717) is 17.0 Å². The van der Waals surface area contributed by atoms with E-state index in [1.807, 2.05) is 37.5 Å². The molecule has 1 unspecified atom stereocenters. The van der Waals surface area contributed by atoms with Crippen LogP contribution in [0.5, 0.6) is 0 Å². The summed E-state index contributed by atoms with van der Waals surface area (Å²) in [4.78, 5) is 27.1. The zero-order valence-electron chi connectivity index (χ0n) is 17.8. The van der Waals surface area contributed by atoms with Crippen LogP contribution in [0.4, 0.5) is 5.69 Å². The Hall–Kier alpha value is -3.26. The lowest BCUT2D eigenvalue weighted by molar-refractivity contribution is 0.138. The van der Waals surface area contributed by atoms with Crippen molar-refractivity contribution in [2.75, 3.05) is 31.1 Å². The Balaban J connectivity index is 1.36. The van der Waals surface area contributed by atoms with Crippen molar-refractivity contribution >= 4 is 17.0 Å². The largest absolute Gasteiger partial charge is 0.367 e. The minimum atomic E-state index is -0.101. The average Bonchev–Trinajstić information content (AvgIpc) is 3.33. The quantitative estimate of drug-likeness (QED) is 0.501. The number of aromatic nitrogens is 5. The Morgan fingerprint density at radius 2 is 1.84 bits per heavy atom. The van der Waals surface area contributed by atoms with E-state index in [1.165, 1.54) is 19.4 Å². The average molecular weight is 416 g/mol. The molecular formula is C23H25N7O. The maximum absolute atomic E-state index is 13.0. The van der Waals surface area contributed by atoms with Crippen molar-refractivity contribution < 1.29 is 0 Å². The number of nitrogens with zero attached hydrogens (tertiary/aromatic N) is 7. The molecule has 6 rings (SSSR count). The molecule has 8 nitrogen and oxygen atoms in total. The molecule has 4 aromatic rings. The fraction of sp³-hybridized carbons (Fsp3) is 0.391. The van der Waals surface area contributed by atoms with Crippen LogP contribution in [-0.4, -0.2) is 60.6 Å². The first-order valence-corrected chi connectivity index (χ1v) is 10.9. The van der Waals surface area contributed by atoms with E-state index in [2.05, 4.69) is 32.9 Å². The number of hydrogen-bond donors (Lipinski definition) is 0. The Kier molecular flexibility index (Phi) is 3.95. The van der Waals surface area contributed by atoms with Crippen LogP contribution in [0, 0.1) is 6.92 Å². The Labute approximate surface area is 179 Å². The number of imidazole rings is 1. The smallest absolute Gasteiger partial charge is 0.258 e. The van der Waals surface area contributed by atoms with E-state index < -0.39 is 0 Å². The normalized spacial score (nSPS) is 21.8. The third-order valence-electron chi connectivity index (χ3n) is 6.79. The molecule has 2 fully saturated rings. The van der Waals surface area contributed by atoms with Gasteiger partial charge >= 0.3 is 0 Å². The molecule has 1 atom stereocenters. The van der Waals surface area contributed by atoms with Gasteiger partial charge in [-0.3, -0.25) is 14.1 Å². The Morgan fingerprint density at radius 3 is 2.74 bits per heavy atom. The van der Waals surface area contributed by atoms with E-state index >= 15 is 0 Å². The van der Waals surface area contributed by atoms with Crippen LogP contribution in [0.15, 0.2) is 47.5 Å². The summed E-state index contributed by atoms with van der Waals surface area (Å²) in [6.45, 7) is 8.54. The summed E-state index contributed by atoms with van der Waals surface area (Å²) in [5.74, 6) is 0. The summed E-state index contributed by atoms with van der Waals surface area (Å²) in [5, 5.41) is 4.57. The molecule has 0 spiro atoms. The zero-order chi connectivity index (χ0) is 21.2. The second-order valence-corrected chi connectivity index (χ2v) is 9.01. The van der Waals surface area contributed by atoms with Crippen LogP contribution < -0.4 is 10.5 Å². The van der Waals surface area contributed by atoms with E-state index in [4.69, 9.17) is 4.98 Å². The van der Waals surface area contributed by atoms with Crippen molar-refractivity contribution in [3.63, 3.8) is 0 Å². The lowest BCUT2D eigenvalue weighted by atomic mass is 9.95. The summed E-state index contributed by atoms with van der Waals surface area (Å²) in [6, 6.07) is 9.32. The molecule has 0 N–H and O–H groups in total. The van der Waals surface area contributed by atoms with Gasteiger partial charge in [-0.1, -0.05) is 0 Å².